The van der Waals surface area contributed by atoms with E-state index in [1.165, 1.54) is 103 Å². The van der Waals surface area contributed by atoms with Crippen molar-refractivity contribution in [2.45, 2.75) is 329 Å². The number of aliphatic hydroxyl groups excluding tert-OH is 1. The van der Waals surface area contributed by atoms with Gasteiger partial charge in [0.25, 0.3) is 0 Å². The molecule has 0 bridgehead atoms. The molecule has 0 saturated carbocycles. The lowest BCUT2D eigenvalue weighted by Gasteiger charge is -2.21. The van der Waals surface area contributed by atoms with Gasteiger partial charge in [0.1, 0.15) is 19.3 Å². The number of ether oxygens (including phenoxy) is 4. The van der Waals surface area contributed by atoms with Crippen LogP contribution in [0.1, 0.15) is 310 Å². The molecule has 0 spiro atoms. The van der Waals surface area contributed by atoms with E-state index in [0.29, 0.717) is 44.9 Å². The van der Waals surface area contributed by atoms with E-state index in [1.54, 1.807) is 0 Å². The van der Waals surface area contributed by atoms with E-state index in [0.717, 1.165) is 109 Å². The fraction of sp³-hybridized carbons (Fsp3) is 0.640. The van der Waals surface area contributed by atoms with Crippen LogP contribution in [-0.2, 0) is 65.4 Å². The summed E-state index contributed by atoms with van der Waals surface area (Å²) in [5.41, 5.74) is 0. The Morgan fingerprint density at radius 2 is 0.509 bits per heavy atom. The second kappa shape index (κ2) is 79.5. The van der Waals surface area contributed by atoms with Crippen LogP contribution in [0.5, 0.6) is 0 Å². The van der Waals surface area contributed by atoms with Gasteiger partial charge in [-0.1, -0.05) is 313 Å². The van der Waals surface area contributed by atoms with Gasteiger partial charge in [0.2, 0.25) is 0 Å². The molecule has 0 aromatic heterocycles. The molecule has 0 rings (SSSR count). The zero-order valence-electron chi connectivity index (χ0n) is 67.2. The van der Waals surface area contributed by atoms with Crippen molar-refractivity contribution in [2.24, 2.45) is 0 Å². The predicted octanol–water partition coefficient (Wildman–Crippen LogP) is 24.6. The Balaban J connectivity index is 5.54. The molecular weight excluding hydrogens is 1400 g/mol. The Morgan fingerprint density at radius 1 is 0.269 bits per heavy atom. The Kier molecular flexibility index (Phi) is 75.4. The lowest BCUT2D eigenvalue weighted by molar-refractivity contribution is -0.161. The van der Waals surface area contributed by atoms with E-state index in [9.17, 15) is 43.2 Å². The third kappa shape index (κ3) is 78.5. The highest BCUT2D eigenvalue weighted by Crippen LogP contribution is 2.45. The van der Waals surface area contributed by atoms with Gasteiger partial charge in [-0.2, -0.15) is 0 Å². The molecule has 3 N–H and O–H groups in total. The van der Waals surface area contributed by atoms with Crippen molar-refractivity contribution in [1.82, 2.24) is 0 Å². The van der Waals surface area contributed by atoms with Gasteiger partial charge in [-0.3, -0.25) is 37.3 Å². The number of unbranched alkanes of at least 4 members (excludes halogenated alkanes) is 22. The smallest absolute Gasteiger partial charge is 0.462 e. The number of hydrogen-bond donors (Lipinski definition) is 3. The van der Waals surface area contributed by atoms with Gasteiger partial charge >= 0.3 is 39.5 Å². The molecule has 0 aromatic rings. The molecule has 0 aromatic carbocycles. The molecule has 0 aliphatic rings. The molecule has 2 unspecified atom stereocenters. The molecular formula is C89H146O17P2. The monoisotopic (exact) mass is 1550 g/mol. The fourth-order valence-corrected chi connectivity index (χ4v) is 12.0. The SMILES string of the molecule is CC/C=C\C/C=C\C/C=C\C/C=C\C/C=C\C/C=C\CCC(=O)OC[C@H](COP(=O)(O)OC[C@@H](O)COP(=O)(O)OC[C@@H](COC(=O)CCC/C=C\C/C=C\C/C=C\C/C=C\CCCCC)OC(=O)CCCCCCCCCCCCCCCCC)OC(=O)CCC/C=C\C/C=C\C/C=C\C/C=C\CCCCC. The number of allylic oxidation sites excluding steroid dienone is 28. The molecule has 108 heavy (non-hydrogen) atoms. The zero-order chi connectivity index (χ0) is 78.9. The first-order valence-corrected chi connectivity index (χ1v) is 44.4. The minimum atomic E-state index is -5.02. The third-order valence-electron chi connectivity index (χ3n) is 16.7. The molecule has 614 valence electrons. The van der Waals surface area contributed by atoms with Crippen LogP contribution >= 0.6 is 15.6 Å². The molecule has 0 saturated heterocycles. The molecule has 17 nitrogen and oxygen atoms in total. The van der Waals surface area contributed by atoms with Crippen molar-refractivity contribution in [3.63, 3.8) is 0 Å². The van der Waals surface area contributed by atoms with Crippen LogP contribution in [0.3, 0.4) is 0 Å². The first kappa shape index (κ1) is 102. The Labute approximate surface area is 654 Å². The van der Waals surface area contributed by atoms with Gasteiger partial charge in [-0.25, -0.2) is 9.13 Å². The van der Waals surface area contributed by atoms with Crippen LogP contribution in [0.15, 0.2) is 170 Å². The molecule has 0 aliphatic heterocycles. The van der Waals surface area contributed by atoms with Gasteiger partial charge in [-0.05, 0) is 141 Å². The van der Waals surface area contributed by atoms with E-state index in [-0.39, 0.29) is 25.7 Å². The summed E-state index contributed by atoms with van der Waals surface area (Å²) in [6.45, 7) is 4.50. The van der Waals surface area contributed by atoms with Crippen LogP contribution in [0.4, 0.5) is 0 Å². The number of esters is 4. The van der Waals surface area contributed by atoms with Crippen molar-refractivity contribution >= 4 is 39.5 Å². The molecule has 5 atom stereocenters. The van der Waals surface area contributed by atoms with Gasteiger partial charge in [0, 0.05) is 25.7 Å². The summed E-state index contributed by atoms with van der Waals surface area (Å²) < 4.78 is 68.5. The summed E-state index contributed by atoms with van der Waals surface area (Å²) in [4.78, 5) is 73.1. The minimum Gasteiger partial charge on any atom is -0.462 e. The maximum Gasteiger partial charge on any atom is 0.472 e. The molecule has 0 amide bonds. The topological polar surface area (TPSA) is 237 Å². The van der Waals surface area contributed by atoms with Crippen LogP contribution in [0.2, 0.25) is 0 Å². The third-order valence-corrected chi connectivity index (χ3v) is 18.6. The predicted molar refractivity (Wildman–Crippen MR) is 445 cm³/mol. The number of hydrogen-bond acceptors (Lipinski definition) is 15. The maximum atomic E-state index is 13.1. The standard InChI is InChI=1S/C89H146O17P2/c1-5-9-13-17-21-25-29-33-37-40-41-44-47-50-54-58-62-66-70-74-87(92)100-80-85(106-89(94)76-72-68-64-60-56-52-48-43-39-35-31-27-23-19-15-11-7-3)82-104-108(97,98)102-78-83(90)77-101-107(95,96)103-81-84(105-88(93)75-71-67-63-59-55-51-45-36-32-28-24-20-16-12-8-4)79-99-86(91)73-69-65-61-57-53-49-46-42-38-34-30-26-22-18-14-10-6-2/h9,13,21-23,25-27,33-35,37-39,41,44,46,48-50,52,54,57,60-62,64,66,83-85,90H,5-8,10-12,14-20,24,28-32,36,40,42-43,45,47,51,53,55-56,58-59,63,65,67-82H2,1-4H3,(H,95,96)(H,97,98)/b13-9-,25-21-,26-22-,27-23-,37-33-,38-34-,39-35-,44-41-,49-46-,52-48-,54-50-,61-57-,64-60-,66-62-/t83-,84+,85+/m0/s1. The number of carbonyl (C=O) groups excluding carboxylic acids is 4. The minimum absolute atomic E-state index is 0.00379. The summed E-state index contributed by atoms with van der Waals surface area (Å²) >= 11 is 0. The van der Waals surface area contributed by atoms with Gasteiger partial charge < -0.3 is 33.8 Å². The average molecular weight is 1550 g/mol. The quantitative estimate of drug-likeness (QED) is 0.0169. The largest absolute Gasteiger partial charge is 0.472 e. The van der Waals surface area contributed by atoms with E-state index < -0.39 is 97.5 Å². The van der Waals surface area contributed by atoms with E-state index >= 15 is 0 Å². The molecule has 0 fully saturated rings. The first-order valence-electron chi connectivity index (χ1n) is 41.4. The van der Waals surface area contributed by atoms with Crippen LogP contribution in [-0.4, -0.2) is 96.7 Å². The Bertz CT molecular complexity index is 2710. The number of phosphoric acid groups is 2. The normalized spacial score (nSPS) is 14.7. The first-order chi connectivity index (χ1) is 52.7. The summed E-state index contributed by atoms with van der Waals surface area (Å²) in [6, 6.07) is 0. The number of carbonyl (C=O) groups is 4. The lowest BCUT2D eigenvalue weighted by atomic mass is 10.0. The van der Waals surface area contributed by atoms with Crippen LogP contribution in [0.25, 0.3) is 0 Å². The van der Waals surface area contributed by atoms with Crippen molar-refractivity contribution in [2.75, 3.05) is 39.6 Å². The highest BCUT2D eigenvalue weighted by Gasteiger charge is 2.30. The van der Waals surface area contributed by atoms with Crippen LogP contribution in [0, 0.1) is 0 Å². The van der Waals surface area contributed by atoms with E-state index in [1.807, 2.05) is 42.5 Å². The second-order valence-electron chi connectivity index (χ2n) is 27.0. The van der Waals surface area contributed by atoms with Crippen molar-refractivity contribution < 1.29 is 80.2 Å². The van der Waals surface area contributed by atoms with Gasteiger partial charge in [0.15, 0.2) is 12.2 Å². The highest BCUT2D eigenvalue weighted by atomic mass is 31.2. The molecule has 19 heteroatoms. The lowest BCUT2D eigenvalue weighted by Crippen LogP contribution is -2.30. The Hall–Kier alpha value is -5.58. The van der Waals surface area contributed by atoms with Crippen molar-refractivity contribution in [3.05, 3.63) is 170 Å². The highest BCUT2D eigenvalue weighted by molar-refractivity contribution is 7.47. The van der Waals surface area contributed by atoms with E-state index in [4.69, 9.17) is 37.0 Å². The van der Waals surface area contributed by atoms with Gasteiger partial charge in [0.05, 0.1) is 26.4 Å². The van der Waals surface area contributed by atoms with E-state index in [2.05, 4.69) is 155 Å². The number of phosphoric ester groups is 2. The average Bonchev–Trinajstić information content (AvgIpc) is 0.906. The Morgan fingerprint density at radius 3 is 0.833 bits per heavy atom. The molecule has 0 heterocycles. The summed E-state index contributed by atoms with van der Waals surface area (Å²) in [7, 11) is -10.0. The van der Waals surface area contributed by atoms with Gasteiger partial charge in [-0.15, -0.1) is 0 Å². The summed E-state index contributed by atoms with van der Waals surface area (Å²) in [5.74, 6) is -2.41. The summed E-state index contributed by atoms with van der Waals surface area (Å²) in [5, 5.41) is 10.7. The number of aliphatic hydroxyl groups is 1. The fourth-order valence-electron chi connectivity index (χ4n) is 10.4. The maximum absolute atomic E-state index is 13.1. The van der Waals surface area contributed by atoms with Crippen molar-refractivity contribution in [3.8, 4) is 0 Å². The van der Waals surface area contributed by atoms with Crippen LogP contribution < -0.4 is 0 Å². The molecule has 0 radical (unpaired) electrons. The zero-order valence-corrected chi connectivity index (χ0v) is 69.0. The second-order valence-corrected chi connectivity index (χ2v) is 29.9. The van der Waals surface area contributed by atoms with Crippen molar-refractivity contribution in [1.29, 1.82) is 0 Å². The number of rotatable bonds is 76. The summed E-state index contributed by atoms with van der Waals surface area (Å²) in [6.07, 6.45) is 95.0. The molecule has 0 aliphatic carbocycles.